The fraction of sp³-hybridized carbons (Fsp3) is 0.615. The van der Waals surface area contributed by atoms with Crippen LogP contribution in [0.15, 0.2) is 12.1 Å². The van der Waals surface area contributed by atoms with Crippen LogP contribution in [0.25, 0.3) is 0 Å². The van der Waals surface area contributed by atoms with Gasteiger partial charge in [0.25, 0.3) is 0 Å². The van der Waals surface area contributed by atoms with Crippen molar-refractivity contribution in [2.45, 2.75) is 39.2 Å². The summed E-state index contributed by atoms with van der Waals surface area (Å²) in [4.78, 5) is 4.37. The second kappa shape index (κ2) is 4.73. The van der Waals surface area contributed by atoms with Crippen LogP contribution in [0, 0.1) is 12.8 Å². The van der Waals surface area contributed by atoms with Gasteiger partial charge in [-0.05, 0) is 31.7 Å². The lowest BCUT2D eigenvalue weighted by atomic mass is 10.1. The Labute approximate surface area is 97.2 Å². The molecule has 2 unspecified atom stereocenters. The topological polar surface area (TPSA) is 34.1 Å². The lowest BCUT2D eigenvalue weighted by Crippen LogP contribution is -2.22. The van der Waals surface area contributed by atoms with Crippen molar-refractivity contribution in [3.05, 3.63) is 17.8 Å². The lowest BCUT2D eigenvalue weighted by Gasteiger charge is -2.19. The molecule has 0 saturated heterocycles. The molecule has 1 saturated carbocycles. The Bertz CT molecular complexity index is 365. The molecule has 1 aromatic rings. The molecule has 3 nitrogen and oxygen atoms in total. The van der Waals surface area contributed by atoms with E-state index in [0.29, 0.717) is 11.9 Å². The van der Waals surface area contributed by atoms with E-state index in [0.717, 1.165) is 17.3 Å². The molecule has 1 N–H and O–H groups in total. The minimum Gasteiger partial charge on any atom is -0.481 e. The van der Waals surface area contributed by atoms with E-state index in [9.17, 15) is 0 Å². The molecule has 16 heavy (non-hydrogen) atoms. The van der Waals surface area contributed by atoms with Crippen LogP contribution in [-0.2, 0) is 0 Å². The molecular formula is C13H20N2O. The molecule has 2 rings (SSSR count). The maximum absolute atomic E-state index is 5.10. The number of nitrogens with one attached hydrogen (secondary N) is 1. The highest BCUT2D eigenvalue weighted by molar-refractivity contribution is 5.49. The van der Waals surface area contributed by atoms with Gasteiger partial charge in [-0.15, -0.1) is 0 Å². The van der Waals surface area contributed by atoms with Crippen molar-refractivity contribution in [3.8, 4) is 5.88 Å². The van der Waals surface area contributed by atoms with Gasteiger partial charge >= 0.3 is 0 Å². The Morgan fingerprint density at radius 2 is 2.19 bits per heavy atom. The van der Waals surface area contributed by atoms with Crippen molar-refractivity contribution in [2.24, 2.45) is 5.92 Å². The molecule has 0 amide bonds. The number of rotatable bonds is 3. The van der Waals surface area contributed by atoms with Gasteiger partial charge < -0.3 is 10.1 Å². The van der Waals surface area contributed by atoms with Gasteiger partial charge in [0.05, 0.1) is 18.5 Å². The largest absolute Gasteiger partial charge is 0.481 e. The van der Waals surface area contributed by atoms with Crippen molar-refractivity contribution in [2.75, 3.05) is 12.4 Å². The first kappa shape index (κ1) is 11.2. The van der Waals surface area contributed by atoms with Gasteiger partial charge in [0.15, 0.2) is 0 Å². The molecule has 0 bridgehead atoms. The Kier molecular flexibility index (Phi) is 3.32. The van der Waals surface area contributed by atoms with Crippen LogP contribution in [0.2, 0.25) is 0 Å². The maximum atomic E-state index is 5.10. The maximum Gasteiger partial charge on any atom is 0.213 e. The van der Waals surface area contributed by atoms with Crippen molar-refractivity contribution in [3.63, 3.8) is 0 Å². The van der Waals surface area contributed by atoms with E-state index in [4.69, 9.17) is 4.74 Å². The van der Waals surface area contributed by atoms with Gasteiger partial charge in [-0.25, -0.2) is 4.98 Å². The Morgan fingerprint density at radius 3 is 2.75 bits per heavy atom. The van der Waals surface area contributed by atoms with Gasteiger partial charge in [-0.2, -0.15) is 0 Å². The summed E-state index contributed by atoms with van der Waals surface area (Å²) in [6.45, 7) is 4.33. The molecule has 1 heterocycles. The molecule has 0 aliphatic heterocycles. The number of hydrogen-bond acceptors (Lipinski definition) is 3. The van der Waals surface area contributed by atoms with Gasteiger partial charge in [-0.3, -0.25) is 0 Å². The van der Waals surface area contributed by atoms with E-state index < -0.39 is 0 Å². The predicted molar refractivity (Wildman–Crippen MR) is 66.0 cm³/mol. The van der Waals surface area contributed by atoms with E-state index in [2.05, 4.69) is 23.3 Å². The number of aryl methyl sites for hydroxylation is 1. The van der Waals surface area contributed by atoms with Crippen LogP contribution in [-0.4, -0.2) is 18.1 Å². The highest BCUT2D eigenvalue weighted by atomic mass is 16.5. The zero-order valence-electron chi connectivity index (χ0n) is 10.3. The highest BCUT2D eigenvalue weighted by Crippen LogP contribution is 2.29. The van der Waals surface area contributed by atoms with Gasteiger partial charge in [-0.1, -0.05) is 13.3 Å². The molecule has 0 radical (unpaired) electrons. The molecule has 1 aliphatic rings. The minimum absolute atomic E-state index is 0.605. The third-order valence-electron chi connectivity index (χ3n) is 3.47. The second-order valence-corrected chi connectivity index (χ2v) is 4.65. The summed E-state index contributed by atoms with van der Waals surface area (Å²) in [7, 11) is 1.65. The molecule has 1 aliphatic carbocycles. The summed E-state index contributed by atoms with van der Waals surface area (Å²) in [6.07, 6.45) is 3.94. The number of anilines is 1. The quantitative estimate of drug-likeness (QED) is 0.850. The van der Waals surface area contributed by atoms with Crippen LogP contribution in [0.3, 0.4) is 0 Å². The molecule has 0 aromatic carbocycles. The third-order valence-corrected chi connectivity index (χ3v) is 3.47. The number of methoxy groups -OCH3 is 1. The lowest BCUT2D eigenvalue weighted by molar-refractivity contribution is 0.397. The van der Waals surface area contributed by atoms with E-state index in [1.165, 1.54) is 19.3 Å². The average Bonchev–Trinajstić information content (AvgIpc) is 2.67. The van der Waals surface area contributed by atoms with Gasteiger partial charge in [0, 0.05) is 12.1 Å². The molecule has 0 spiro atoms. The molecule has 3 heteroatoms. The number of nitrogens with zero attached hydrogens (tertiary/aromatic N) is 1. The Morgan fingerprint density at radius 1 is 1.38 bits per heavy atom. The first-order valence-corrected chi connectivity index (χ1v) is 5.99. The fourth-order valence-corrected chi connectivity index (χ4v) is 2.36. The van der Waals surface area contributed by atoms with Crippen LogP contribution in [0.5, 0.6) is 5.88 Å². The highest BCUT2D eigenvalue weighted by Gasteiger charge is 2.23. The number of pyridine rings is 1. The minimum atomic E-state index is 0.605. The van der Waals surface area contributed by atoms with Gasteiger partial charge in [0.1, 0.15) is 0 Å². The van der Waals surface area contributed by atoms with Crippen LogP contribution in [0.4, 0.5) is 5.69 Å². The van der Waals surface area contributed by atoms with Crippen LogP contribution in [0.1, 0.15) is 31.9 Å². The summed E-state index contributed by atoms with van der Waals surface area (Å²) in [6, 6.07) is 4.58. The third kappa shape index (κ3) is 2.29. The van der Waals surface area contributed by atoms with Crippen LogP contribution >= 0.6 is 0 Å². The van der Waals surface area contributed by atoms with Crippen molar-refractivity contribution in [1.82, 2.24) is 4.98 Å². The molecule has 2 atom stereocenters. The molecule has 1 aromatic heterocycles. The summed E-state index contributed by atoms with van der Waals surface area (Å²) in [5.74, 6) is 1.45. The van der Waals surface area contributed by atoms with E-state index in [1.807, 2.05) is 13.0 Å². The zero-order chi connectivity index (χ0) is 11.5. The normalized spacial score (nSPS) is 24.4. The molecule has 88 valence electrons. The summed E-state index contributed by atoms with van der Waals surface area (Å²) in [5, 5.41) is 3.59. The number of hydrogen-bond donors (Lipinski definition) is 1. The van der Waals surface area contributed by atoms with Crippen molar-refractivity contribution >= 4 is 5.69 Å². The van der Waals surface area contributed by atoms with E-state index >= 15 is 0 Å². The summed E-state index contributed by atoms with van der Waals surface area (Å²) >= 11 is 0. The smallest absolute Gasteiger partial charge is 0.213 e. The number of aromatic nitrogens is 1. The summed E-state index contributed by atoms with van der Waals surface area (Å²) < 4.78 is 5.10. The SMILES string of the molecule is COc1ccc(NC2CCCC2C)c(C)n1. The molecular weight excluding hydrogens is 200 g/mol. The first-order valence-electron chi connectivity index (χ1n) is 5.99. The monoisotopic (exact) mass is 220 g/mol. The fourth-order valence-electron chi connectivity index (χ4n) is 2.36. The predicted octanol–water partition coefficient (Wildman–Crippen LogP) is 3.00. The Hall–Kier alpha value is -1.25. The standard InChI is InChI=1S/C13H20N2O/c1-9-5-4-6-11(9)15-12-7-8-13(16-3)14-10(12)2/h7-9,11,15H,4-6H2,1-3H3. The van der Waals surface area contributed by atoms with Gasteiger partial charge in [0.2, 0.25) is 5.88 Å². The van der Waals surface area contributed by atoms with Crippen molar-refractivity contribution in [1.29, 1.82) is 0 Å². The Balaban J connectivity index is 2.09. The van der Waals surface area contributed by atoms with Crippen LogP contribution < -0.4 is 10.1 Å². The molecule has 1 fully saturated rings. The van der Waals surface area contributed by atoms with E-state index in [1.54, 1.807) is 7.11 Å². The second-order valence-electron chi connectivity index (χ2n) is 4.65. The zero-order valence-corrected chi connectivity index (χ0v) is 10.3. The van der Waals surface area contributed by atoms with E-state index in [-0.39, 0.29) is 0 Å². The average molecular weight is 220 g/mol. The number of ether oxygens (including phenoxy) is 1. The van der Waals surface area contributed by atoms with Crippen molar-refractivity contribution < 1.29 is 4.74 Å². The first-order chi connectivity index (χ1) is 7.70. The summed E-state index contributed by atoms with van der Waals surface area (Å²) in [5.41, 5.74) is 2.15.